The summed E-state index contributed by atoms with van der Waals surface area (Å²) in [5, 5.41) is 5.32. The molecule has 0 bridgehead atoms. The molecule has 1 rings (SSSR count). The molecule has 1 aromatic carbocycles. The molecule has 1 aromatic rings. The van der Waals surface area contributed by atoms with E-state index in [4.69, 9.17) is 5.73 Å². The van der Waals surface area contributed by atoms with Crippen molar-refractivity contribution in [2.24, 2.45) is 11.7 Å². The van der Waals surface area contributed by atoms with Crippen LogP contribution in [0.3, 0.4) is 0 Å². The molecule has 0 saturated heterocycles. The van der Waals surface area contributed by atoms with Gasteiger partial charge in [0.2, 0.25) is 5.91 Å². The van der Waals surface area contributed by atoms with E-state index in [1.807, 2.05) is 6.92 Å². The zero-order valence-corrected chi connectivity index (χ0v) is 12.1. The van der Waals surface area contributed by atoms with Gasteiger partial charge < -0.3 is 16.4 Å². The van der Waals surface area contributed by atoms with E-state index in [0.29, 0.717) is 17.8 Å². The predicted octanol–water partition coefficient (Wildman–Crippen LogP) is 1.31. The first-order valence-corrected chi connectivity index (χ1v) is 5.83. The highest BCUT2D eigenvalue weighted by molar-refractivity contribution is 5.98. The smallest absolute Gasteiger partial charge is 0.251 e. The molecule has 0 radical (unpaired) electrons. The van der Waals surface area contributed by atoms with E-state index in [1.54, 1.807) is 32.2 Å². The van der Waals surface area contributed by atoms with Crippen molar-refractivity contribution in [2.75, 3.05) is 18.9 Å². The van der Waals surface area contributed by atoms with Gasteiger partial charge in [0.15, 0.2) is 0 Å². The Kier molecular flexibility index (Phi) is 7.11. The first-order valence-electron chi connectivity index (χ1n) is 5.83. The lowest BCUT2D eigenvalue weighted by Gasteiger charge is -2.13. The monoisotopic (exact) mass is 285 g/mol. The van der Waals surface area contributed by atoms with Crippen LogP contribution < -0.4 is 16.4 Å². The molecule has 0 spiro atoms. The second-order valence-electron chi connectivity index (χ2n) is 4.23. The Morgan fingerprint density at radius 2 is 2.00 bits per heavy atom. The zero-order chi connectivity index (χ0) is 13.7. The third kappa shape index (κ3) is 4.54. The highest BCUT2D eigenvalue weighted by atomic mass is 35.5. The van der Waals surface area contributed by atoms with Crippen LogP contribution in [0.15, 0.2) is 18.2 Å². The van der Waals surface area contributed by atoms with E-state index in [-0.39, 0.29) is 30.1 Å². The van der Waals surface area contributed by atoms with Crippen molar-refractivity contribution in [3.63, 3.8) is 0 Å². The molecule has 0 saturated carbocycles. The Balaban J connectivity index is 0.00000324. The molecule has 0 aromatic heterocycles. The van der Waals surface area contributed by atoms with Gasteiger partial charge in [0.1, 0.15) is 0 Å². The van der Waals surface area contributed by atoms with Gasteiger partial charge >= 0.3 is 0 Å². The summed E-state index contributed by atoms with van der Waals surface area (Å²) in [7, 11) is 1.57. The molecule has 0 heterocycles. The second kappa shape index (κ2) is 7.76. The lowest BCUT2D eigenvalue weighted by molar-refractivity contribution is -0.119. The molecule has 2 amide bonds. The molecular formula is C13H20ClN3O2. The topological polar surface area (TPSA) is 84.2 Å². The van der Waals surface area contributed by atoms with Crippen LogP contribution in [0.5, 0.6) is 0 Å². The highest BCUT2D eigenvalue weighted by Gasteiger charge is 2.13. The molecule has 6 heteroatoms. The fourth-order valence-electron chi connectivity index (χ4n) is 1.41. The van der Waals surface area contributed by atoms with Gasteiger partial charge in [-0.15, -0.1) is 12.4 Å². The molecule has 5 nitrogen and oxygen atoms in total. The molecule has 0 aliphatic rings. The number of nitrogens with two attached hydrogens (primary N) is 1. The molecular weight excluding hydrogens is 266 g/mol. The largest absolute Gasteiger partial charge is 0.355 e. The molecule has 0 fully saturated rings. The molecule has 106 valence electrons. The number of hydrogen-bond acceptors (Lipinski definition) is 3. The summed E-state index contributed by atoms with van der Waals surface area (Å²) in [5.41, 5.74) is 7.50. The third-order valence-electron chi connectivity index (χ3n) is 2.79. The predicted molar refractivity (Wildman–Crippen MR) is 78.7 cm³/mol. The number of anilines is 1. The number of benzene rings is 1. The van der Waals surface area contributed by atoms with Gasteiger partial charge in [-0.25, -0.2) is 0 Å². The zero-order valence-electron chi connectivity index (χ0n) is 11.3. The molecule has 0 aliphatic carbocycles. The van der Waals surface area contributed by atoms with E-state index in [2.05, 4.69) is 10.6 Å². The SMILES string of the molecule is CNC(=O)c1ccc(C)c(NC(=O)C(C)CN)c1.Cl. The summed E-state index contributed by atoms with van der Waals surface area (Å²) in [5.74, 6) is -0.583. The third-order valence-corrected chi connectivity index (χ3v) is 2.79. The van der Waals surface area contributed by atoms with Crippen molar-refractivity contribution in [1.82, 2.24) is 5.32 Å². The van der Waals surface area contributed by atoms with E-state index >= 15 is 0 Å². The molecule has 19 heavy (non-hydrogen) atoms. The van der Waals surface area contributed by atoms with Gasteiger partial charge in [-0.1, -0.05) is 13.0 Å². The molecule has 0 aliphatic heterocycles. The average molecular weight is 286 g/mol. The maximum atomic E-state index is 11.8. The number of nitrogens with one attached hydrogen (secondary N) is 2. The Labute approximate surface area is 119 Å². The van der Waals surface area contributed by atoms with Crippen molar-refractivity contribution >= 4 is 29.9 Å². The van der Waals surface area contributed by atoms with Crippen LogP contribution in [-0.4, -0.2) is 25.4 Å². The average Bonchev–Trinajstić information content (AvgIpc) is 2.39. The number of hydrogen-bond donors (Lipinski definition) is 3. The maximum Gasteiger partial charge on any atom is 0.251 e. The van der Waals surface area contributed by atoms with Gasteiger partial charge in [0, 0.05) is 30.8 Å². The van der Waals surface area contributed by atoms with E-state index in [1.165, 1.54) is 0 Å². The van der Waals surface area contributed by atoms with Crippen molar-refractivity contribution in [1.29, 1.82) is 0 Å². The van der Waals surface area contributed by atoms with Crippen molar-refractivity contribution in [3.8, 4) is 0 Å². The summed E-state index contributed by atoms with van der Waals surface area (Å²) >= 11 is 0. The molecule has 4 N–H and O–H groups in total. The first-order chi connectivity index (χ1) is 8.49. The standard InChI is InChI=1S/C13H19N3O2.ClH/c1-8-4-5-10(13(18)15-3)6-11(8)16-12(17)9(2)7-14;/h4-6,9H,7,14H2,1-3H3,(H,15,18)(H,16,17);1H. The lowest BCUT2D eigenvalue weighted by atomic mass is 10.1. The lowest BCUT2D eigenvalue weighted by Crippen LogP contribution is -2.27. The van der Waals surface area contributed by atoms with Crippen LogP contribution in [0, 0.1) is 12.8 Å². The van der Waals surface area contributed by atoms with Gasteiger partial charge in [0.25, 0.3) is 5.91 Å². The van der Waals surface area contributed by atoms with Crippen LogP contribution in [0.2, 0.25) is 0 Å². The van der Waals surface area contributed by atoms with Crippen LogP contribution in [0.1, 0.15) is 22.8 Å². The minimum Gasteiger partial charge on any atom is -0.355 e. The quantitative estimate of drug-likeness (QED) is 0.780. The Morgan fingerprint density at radius 1 is 1.37 bits per heavy atom. The number of amides is 2. The van der Waals surface area contributed by atoms with Crippen LogP contribution >= 0.6 is 12.4 Å². The number of carbonyl (C=O) groups excluding carboxylic acids is 2. The van der Waals surface area contributed by atoms with Gasteiger partial charge in [-0.05, 0) is 24.6 Å². The van der Waals surface area contributed by atoms with Crippen LogP contribution in [0.25, 0.3) is 0 Å². The second-order valence-corrected chi connectivity index (χ2v) is 4.23. The van der Waals surface area contributed by atoms with E-state index in [0.717, 1.165) is 5.56 Å². The van der Waals surface area contributed by atoms with E-state index in [9.17, 15) is 9.59 Å². The van der Waals surface area contributed by atoms with Crippen LogP contribution in [0.4, 0.5) is 5.69 Å². The normalized spacial score (nSPS) is 11.2. The first kappa shape index (κ1) is 17.4. The summed E-state index contributed by atoms with van der Waals surface area (Å²) < 4.78 is 0. The summed E-state index contributed by atoms with van der Waals surface area (Å²) in [6.45, 7) is 3.92. The Hall–Kier alpha value is -1.59. The number of aryl methyl sites for hydroxylation is 1. The number of rotatable bonds is 4. The van der Waals surface area contributed by atoms with Gasteiger partial charge in [-0.2, -0.15) is 0 Å². The van der Waals surface area contributed by atoms with Gasteiger partial charge in [0.05, 0.1) is 0 Å². The summed E-state index contributed by atoms with van der Waals surface area (Å²) in [6, 6.07) is 5.18. The highest BCUT2D eigenvalue weighted by Crippen LogP contribution is 2.17. The minimum absolute atomic E-state index is 0. The fraction of sp³-hybridized carbons (Fsp3) is 0.385. The van der Waals surface area contributed by atoms with Crippen molar-refractivity contribution < 1.29 is 9.59 Å². The Bertz CT molecular complexity index is 463. The van der Waals surface area contributed by atoms with Crippen molar-refractivity contribution in [2.45, 2.75) is 13.8 Å². The number of carbonyl (C=O) groups is 2. The van der Waals surface area contributed by atoms with E-state index < -0.39 is 0 Å². The number of halogens is 1. The molecule has 1 unspecified atom stereocenters. The minimum atomic E-state index is -0.256. The fourth-order valence-corrected chi connectivity index (χ4v) is 1.41. The maximum absolute atomic E-state index is 11.8. The van der Waals surface area contributed by atoms with Gasteiger partial charge in [-0.3, -0.25) is 9.59 Å². The molecule has 1 atom stereocenters. The van der Waals surface area contributed by atoms with Crippen LogP contribution in [-0.2, 0) is 4.79 Å². The summed E-state index contributed by atoms with van der Waals surface area (Å²) in [4.78, 5) is 23.3. The van der Waals surface area contributed by atoms with Crippen molar-refractivity contribution in [3.05, 3.63) is 29.3 Å². The Morgan fingerprint density at radius 3 is 2.53 bits per heavy atom. The summed E-state index contributed by atoms with van der Waals surface area (Å²) in [6.07, 6.45) is 0.